The van der Waals surface area contributed by atoms with Crippen molar-refractivity contribution in [1.82, 2.24) is 4.98 Å². The van der Waals surface area contributed by atoms with Gasteiger partial charge in [-0.2, -0.15) is 5.10 Å². The number of hydrogen-bond donors (Lipinski definition) is 1. The molecule has 0 bridgehead atoms. The number of carbonyl (C=O) groups excluding carboxylic acids is 1. The number of aromatic nitrogens is 1. The summed E-state index contributed by atoms with van der Waals surface area (Å²) >= 11 is 13.5. The topological polar surface area (TPSA) is 72.8 Å². The molecule has 0 unspecified atom stereocenters. The van der Waals surface area contributed by atoms with E-state index in [1.807, 2.05) is 30.3 Å². The molecule has 0 aliphatic carbocycles. The molecule has 0 spiro atoms. The Kier molecular flexibility index (Phi) is 8.07. The molecule has 2 aromatic carbocycles. The van der Waals surface area contributed by atoms with Gasteiger partial charge in [-0.1, -0.05) is 41.4 Å². The third-order valence-corrected chi connectivity index (χ3v) is 5.21. The van der Waals surface area contributed by atoms with Crippen LogP contribution in [0.4, 0.5) is 5.13 Å². The van der Waals surface area contributed by atoms with Gasteiger partial charge in [0.1, 0.15) is 12.4 Å². The number of hydrogen-bond acceptors (Lipinski definition) is 7. The molecule has 0 saturated heterocycles. The Balaban J connectivity index is 1.54. The minimum absolute atomic E-state index is 0.146. The molecule has 6 nitrogen and oxygen atoms in total. The number of benzene rings is 2. The van der Waals surface area contributed by atoms with Crippen molar-refractivity contribution in [3.63, 3.8) is 0 Å². The van der Waals surface area contributed by atoms with Crippen molar-refractivity contribution in [1.29, 1.82) is 0 Å². The third kappa shape index (κ3) is 6.73. The number of thiazole rings is 1. The van der Waals surface area contributed by atoms with Crippen LogP contribution in [-0.2, 0) is 22.6 Å². The van der Waals surface area contributed by atoms with E-state index in [4.69, 9.17) is 32.7 Å². The number of nitrogens with one attached hydrogen (secondary N) is 1. The van der Waals surface area contributed by atoms with Crippen LogP contribution in [0.1, 0.15) is 23.7 Å². The fourth-order valence-electron chi connectivity index (χ4n) is 2.45. The van der Waals surface area contributed by atoms with Crippen LogP contribution in [0.3, 0.4) is 0 Å². The lowest BCUT2D eigenvalue weighted by atomic mass is 10.2. The first-order chi connectivity index (χ1) is 14.5. The fraction of sp³-hybridized carbons (Fsp3) is 0.190. The lowest BCUT2D eigenvalue weighted by molar-refractivity contribution is -0.142. The van der Waals surface area contributed by atoms with Gasteiger partial charge in [0.15, 0.2) is 0 Å². The highest BCUT2D eigenvalue weighted by atomic mass is 35.5. The molecule has 0 radical (unpaired) electrons. The van der Waals surface area contributed by atoms with Crippen molar-refractivity contribution in [3.05, 3.63) is 74.7 Å². The Morgan fingerprint density at radius 3 is 2.93 bits per heavy atom. The summed E-state index contributed by atoms with van der Waals surface area (Å²) in [5.74, 6) is 0.394. The van der Waals surface area contributed by atoms with E-state index in [0.717, 1.165) is 11.1 Å². The van der Waals surface area contributed by atoms with Gasteiger partial charge >= 0.3 is 5.97 Å². The lowest BCUT2D eigenvalue weighted by Gasteiger charge is -2.08. The predicted molar refractivity (Wildman–Crippen MR) is 121 cm³/mol. The zero-order valence-corrected chi connectivity index (χ0v) is 18.4. The van der Waals surface area contributed by atoms with Crippen LogP contribution in [0.15, 0.2) is 52.9 Å². The maximum Gasteiger partial charge on any atom is 0.311 e. The molecule has 0 aliphatic rings. The van der Waals surface area contributed by atoms with Crippen molar-refractivity contribution in [2.45, 2.75) is 20.0 Å². The molecule has 1 heterocycles. The largest absolute Gasteiger partial charge is 0.489 e. The maximum absolute atomic E-state index is 11.5. The van der Waals surface area contributed by atoms with Crippen LogP contribution in [0.25, 0.3) is 0 Å². The van der Waals surface area contributed by atoms with Crippen molar-refractivity contribution in [2.75, 3.05) is 12.0 Å². The molecule has 0 aliphatic heterocycles. The normalized spacial score (nSPS) is 10.9. The van der Waals surface area contributed by atoms with Gasteiger partial charge in [-0.25, -0.2) is 4.98 Å². The first-order valence-corrected chi connectivity index (χ1v) is 10.7. The van der Waals surface area contributed by atoms with E-state index in [0.29, 0.717) is 39.8 Å². The fourth-order valence-corrected chi connectivity index (χ4v) is 3.57. The van der Waals surface area contributed by atoms with Crippen molar-refractivity contribution in [3.8, 4) is 5.75 Å². The van der Waals surface area contributed by atoms with Gasteiger partial charge in [-0.3, -0.25) is 10.2 Å². The first-order valence-electron chi connectivity index (χ1n) is 9.09. The van der Waals surface area contributed by atoms with E-state index in [1.165, 1.54) is 11.3 Å². The molecule has 0 atom stereocenters. The first kappa shape index (κ1) is 22.1. The highest BCUT2D eigenvalue weighted by molar-refractivity contribution is 7.13. The lowest BCUT2D eigenvalue weighted by Crippen LogP contribution is -2.07. The Labute approximate surface area is 188 Å². The molecule has 156 valence electrons. The minimum atomic E-state index is -0.297. The van der Waals surface area contributed by atoms with Crippen molar-refractivity contribution < 1.29 is 14.3 Å². The highest BCUT2D eigenvalue weighted by Crippen LogP contribution is 2.23. The van der Waals surface area contributed by atoms with Crippen LogP contribution in [0.5, 0.6) is 5.75 Å². The van der Waals surface area contributed by atoms with E-state index < -0.39 is 0 Å². The third-order valence-electron chi connectivity index (χ3n) is 3.82. The summed E-state index contributed by atoms with van der Waals surface area (Å²) in [6, 6.07) is 12.8. The standard InChI is InChI=1S/C21H19Cl2N3O3S/c1-2-28-20(27)10-17-13-30-21(25-17)26-24-11-14-4-3-5-18(8-14)29-12-15-6-7-16(22)9-19(15)23/h3-9,11,13H,2,10,12H2,1H3,(H,25,26). The molecule has 1 aromatic heterocycles. The molecule has 0 fully saturated rings. The number of rotatable bonds is 9. The summed E-state index contributed by atoms with van der Waals surface area (Å²) in [5, 5.41) is 7.73. The van der Waals surface area contributed by atoms with Crippen LogP contribution in [0, 0.1) is 0 Å². The second-order valence-electron chi connectivity index (χ2n) is 6.09. The van der Waals surface area contributed by atoms with Gasteiger partial charge in [0.25, 0.3) is 0 Å². The number of nitrogens with zero attached hydrogens (tertiary/aromatic N) is 2. The molecular weight excluding hydrogens is 445 g/mol. The molecule has 30 heavy (non-hydrogen) atoms. The number of halogens is 2. The Morgan fingerprint density at radius 1 is 1.27 bits per heavy atom. The highest BCUT2D eigenvalue weighted by Gasteiger charge is 2.08. The van der Waals surface area contributed by atoms with E-state index in [1.54, 1.807) is 30.7 Å². The average Bonchev–Trinajstić information content (AvgIpc) is 3.15. The van der Waals surface area contributed by atoms with Crippen molar-refractivity contribution >= 4 is 51.9 Å². The van der Waals surface area contributed by atoms with E-state index in [2.05, 4.69) is 15.5 Å². The quantitative estimate of drug-likeness (QED) is 0.254. The second kappa shape index (κ2) is 11.0. The van der Waals surface area contributed by atoms with Gasteiger partial charge in [0.2, 0.25) is 5.13 Å². The maximum atomic E-state index is 11.5. The summed E-state index contributed by atoms with van der Waals surface area (Å²) in [5.41, 5.74) is 5.21. The molecule has 0 amide bonds. The SMILES string of the molecule is CCOC(=O)Cc1csc(NN=Cc2cccc(OCc3ccc(Cl)cc3Cl)c2)n1. The molecule has 3 rings (SSSR count). The van der Waals surface area contributed by atoms with Crippen LogP contribution < -0.4 is 10.2 Å². The number of anilines is 1. The summed E-state index contributed by atoms with van der Waals surface area (Å²) < 4.78 is 10.7. The summed E-state index contributed by atoms with van der Waals surface area (Å²) in [4.78, 5) is 15.8. The minimum Gasteiger partial charge on any atom is -0.489 e. The molecule has 0 saturated carbocycles. The monoisotopic (exact) mass is 463 g/mol. The summed E-state index contributed by atoms with van der Waals surface area (Å²) in [7, 11) is 0. The van der Waals surface area contributed by atoms with Gasteiger partial charge < -0.3 is 9.47 Å². The Morgan fingerprint density at radius 2 is 2.13 bits per heavy atom. The number of hydrazone groups is 1. The smallest absolute Gasteiger partial charge is 0.311 e. The molecule has 1 N–H and O–H groups in total. The number of esters is 1. The number of ether oxygens (including phenoxy) is 2. The van der Waals surface area contributed by atoms with Crippen molar-refractivity contribution in [2.24, 2.45) is 5.10 Å². The second-order valence-corrected chi connectivity index (χ2v) is 7.79. The predicted octanol–water partition coefficient (Wildman–Crippen LogP) is 5.58. The average molecular weight is 464 g/mol. The number of carbonyl (C=O) groups is 1. The zero-order chi connectivity index (χ0) is 21.3. The summed E-state index contributed by atoms with van der Waals surface area (Å²) in [6.45, 7) is 2.46. The zero-order valence-electron chi connectivity index (χ0n) is 16.1. The molecule has 3 aromatic rings. The van der Waals surface area contributed by atoms with E-state index in [-0.39, 0.29) is 12.4 Å². The van der Waals surface area contributed by atoms with Gasteiger partial charge in [-0.15, -0.1) is 11.3 Å². The van der Waals surface area contributed by atoms with Crippen LogP contribution >= 0.6 is 34.5 Å². The van der Waals surface area contributed by atoms with E-state index in [9.17, 15) is 4.79 Å². The Hall–Kier alpha value is -2.61. The Bertz CT molecular complexity index is 1040. The van der Waals surface area contributed by atoms with Crippen LogP contribution in [0.2, 0.25) is 10.0 Å². The van der Waals surface area contributed by atoms with Gasteiger partial charge in [0, 0.05) is 21.0 Å². The molecular formula is C21H19Cl2N3O3S. The van der Waals surface area contributed by atoms with Gasteiger partial charge in [0.05, 0.1) is 24.9 Å². The molecule has 9 heteroatoms. The van der Waals surface area contributed by atoms with Crippen LogP contribution in [-0.4, -0.2) is 23.8 Å². The van der Waals surface area contributed by atoms with Gasteiger partial charge in [-0.05, 0) is 36.8 Å². The summed E-state index contributed by atoms with van der Waals surface area (Å²) in [6.07, 6.45) is 1.81. The van der Waals surface area contributed by atoms with E-state index >= 15 is 0 Å².